The van der Waals surface area contributed by atoms with E-state index < -0.39 is 0 Å². The second kappa shape index (κ2) is 5.40. The maximum atomic E-state index is 11.5. The highest BCUT2D eigenvalue weighted by molar-refractivity contribution is 5.69. The summed E-state index contributed by atoms with van der Waals surface area (Å²) in [5, 5.41) is 3.28. The third kappa shape index (κ3) is 2.64. The summed E-state index contributed by atoms with van der Waals surface area (Å²) < 4.78 is 4.96. The van der Waals surface area contributed by atoms with Crippen LogP contribution in [-0.2, 0) is 4.74 Å². The molecule has 1 aromatic rings. The van der Waals surface area contributed by atoms with Gasteiger partial charge in [-0.2, -0.15) is 0 Å². The summed E-state index contributed by atoms with van der Waals surface area (Å²) in [6.07, 6.45) is -0.208. The standard InChI is InChI=1S/C14H20N2O2/c1-10-4-5-12(11(2)8-10)13(15-3)9-16-6-7-18-14(16)17/h4-5,8,13,15H,6-7,9H2,1-3H3. The average Bonchev–Trinajstić information content (AvgIpc) is 2.73. The number of carbonyl (C=O) groups is 1. The van der Waals surface area contributed by atoms with Gasteiger partial charge in [-0.15, -0.1) is 0 Å². The maximum Gasteiger partial charge on any atom is 0.410 e. The molecule has 0 radical (unpaired) electrons. The fraction of sp³-hybridized carbons (Fsp3) is 0.500. The first-order valence-corrected chi connectivity index (χ1v) is 6.28. The van der Waals surface area contributed by atoms with Crippen LogP contribution in [0.1, 0.15) is 22.7 Å². The lowest BCUT2D eigenvalue weighted by Gasteiger charge is -2.23. The van der Waals surface area contributed by atoms with Crippen molar-refractivity contribution in [2.45, 2.75) is 19.9 Å². The number of aryl methyl sites for hydroxylation is 2. The summed E-state index contributed by atoms with van der Waals surface area (Å²) in [6.45, 7) is 6.03. The molecule has 2 rings (SSSR count). The Morgan fingerprint density at radius 2 is 2.22 bits per heavy atom. The minimum Gasteiger partial charge on any atom is -0.448 e. The number of carbonyl (C=O) groups excluding carboxylic acids is 1. The van der Waals surface area contributed by atoms with Gasteiger partial charge in [-0.05, 0) is 32.0 Å². The number of rotatable bonds is 4. The molecule has 1 atom stereocenters. The molecule has 1 N–H and O–H groups in total. The predicted octanol–water partition coefficient (Wildman–Crippen LogP) is 2.02. The van der Waals surface area contributed by atoms with Crippen LogP contribution in [0.15, 0.2) is 18.2 Å². The van der Waals surface area contributed by atoms with Gasteiger partial charge in [0.2, 0.25) is 0 Å². The lowest BCUT2D eigenvalue weighted by atomic mass is 9.99. The summed E-state index contributed by atoms with van der Waals surface area (Å²) in [4.78, 5) is 13.2. The molecule has 1 unspecified atom stereocenters. The SMILES string of the molecule is CNC(CN1CCOC1=O)c1ccc(C)cc1C. The summed E-state index contributed by atoms with van der Waals surface area (Å²) in [5.74, 6) is 0. The third-order valence-corrected chi connectivity index (χ3v) is 3.40. The Bertz CT molecular complexity index is 445. The zero-order chi connectivity index (χ0) is 13.1. The van der Waals surface area contributed by atoms with E-state index in [1.165, 1.54) is 16.7 Å². The van der Waals surface area contributed by atoms with Gasteiger partial charge in [-0.25, -0.2) is 4.79 Å². The van der Waals surface area contributed by atoms with Gasteiger partial charge in [0.15, 0.2) is 0 Å². The molecule has 0 aromatic heterocycles. The Hall–Kier alpha value is -1.55. The smallest absolute Gasteiger partial charge is 0.410 e. The van der Waals surface area contributed by atoms with Gasteiger partial charge in [0.25, 0.3) is 0 Å². The minimum absolute atomic E-state index is 0.149. The molecule has 0 bridgehead atoms. The van der Waals surface area contributed by atoms with Crippen LogP contribution >= 0.6 is 0 Å². The van der Waals surface area contributed by atoms with E-state index in [2.05, 4.69) is 37.4 Å². The fourth-order valence-corrected chi connectivity index (χ4v) is 2.37. The molecule has 1 aromatic carbocycles. The number of hydrogen-bond acceptors (Lipinski definition) is 3. The Labute approximate surface area is 108 Å². The highest BCUT2D eigenvalue weighted by Crippen LogP contribution is 2.21. The van der Waals surface area contributed by atoms with Crippen molar-refractivity contribution in [3.8, 4) is 0 Å². The molecule has 1 fully saturated rings. The second-order valence-electron chi connectivity index (χ2n) is 4.76. The molecule has 1 amide bonds. The third-order valence-electron chi connectivity index (χ3n) is 3.40. The van der Waals surface area contributed by atoms with E-state index in [9.17, 15) is 4.79 Å². The van der Waals surface area contributed by atoms with Crippen molar-refractivity contribution in [2.75, 3.05) is 26.7 Å². The van der Waals surface area contributed by atoms with Crippen LogP contribution in [0.3, 0.4) is 0 Å². The van der Waals surface area contributed by atoms with Crippen molar-refractivity contribution in [3.05, 3.63) is 34.9 Å². The second-order valence-corrected chi connectivity index (χ2v) is 4.76. The molecular formula is C14H20N2O2. The molecule has 4 nitrogen and oxygen atoms in total. The number of nitrogens with one attached hydrogen (secondary N) is 1. The lowest BCUT2D eigenvalue weighted by Crippen LogP contribution is -2.34. The van der Waals surface area contributed by atoms with Gasteiger partial charge in [-0.3, -0.25) is 0 Å². The van der Waals surface area contributed by atoms with Crippen LogP contribution in [0.25, 0.3) is 0 Å². The van der Waals surface area contributed by atoms with Gasteiger partial charge in [-0.1, -0.05) is 23.8 Å². The summed E-state index contributed by atoms with van der Waals surface area (Å²) in [7, 11) is 1.92. The highest BCUT2D eigenvalue weighted by atomic mass is 16.6. The van der Waals surface area contributed by atoms with Gasteiger partial charge >= 0.3 is 6.09 Å². The van der Waals surface area contributed by atoms with E-state index in [1.807, 2.05) is 7.05 Å². The topological polar surface area (TPSA) is 41.6 Å². The molecule has 1 aliphatic heterocycles. The molecule has 0 aliphatic carbocycles. The van der Waals surface area contributed by atoms with Crippen molar-refractivity contribution in [2.24, 2.45) is 0 Å². The lowest BCUT2D eigenvalue weighted by molar-refractivity contribution is 0.156. The van der Waals surface area contributed by atoms with E-state index in [4.69, 9.17) is 4.74 Å². The predicted molar refractivity (Wildman–Crippen MR) is 70.6 cm³/mol. The average molecular weight is 248 g/mol. The van der Waals surface area contributed by atoms with E-state index in [0.717, 1.165) is 0 Å². The van der Waals surface area contributed by atoms with Gasteiger partial charge in [0.05, 0.1) is 12.6 Å². The molecule has 1 heterocycles. The zero-order valence-electron chi connectivity index (χ0n) is 11.2. The van der Waals surface area contributed by atoms with Crippen LogP contribution in [0.4, 0.5) is 4.79 Å². The first kappa shape index (κ1) is 12.9. The maximum absolute atomic E-state index is 11.5. The number of amides is 1. The number of hydrogen-bond donors (Lipinski definition) is 1. The monoisotopic (exact) mass is 248 g/mol. The van der Waals surface area contributed by atoms with Crippen molar-refractivity contribution >= 4 is 6.09 Å². The summed E-state index contributed by atoms with van der Waals surface area (Å²) >= 11 is 0. The molecule has 4 heteroatoms. The Kier molecular flexibility index (Phi) is 3.87. The van der Waals surface area contributed by atoms with Crippen LogP contribution in [0, 0.1) is 13.8 Å². The number of ether oxygens (including phenoxy) is 1. The van der Waals surface area contributed by atoms with Gasteiger partial charge in [0, 0.05) is 6.54 Å². The molecule has 18 heavy (non-hydrogen) atoms. The number of cyclic esters (lactones) is 1. The molecule has 98 valence electrons. The van der Waals surface area contributed by atoms with E-state index in [-0.39, 0.29) is 12.1 Å². The van der Waals surface area contributed by atoms with E-state index in [0.29, 0.717) is 19.7 Å². The van der Waals surface area contributed by atoms with Crippen LogP contribution in [0.2, 0.25) is 0 Å². The Morgan fingerprint density at radius 1 is 1.44 bits per heavy atom. The quantitative estimate of drug-likeness (QED) is 0.886. The summed E-state index contributed by atoms with van der Waals surface area (Å²) in [6, 6.07) is 6.56. The molecule has 0 saturated carbocycles. The van der Waals surface area contributed by atoms with Crippen LogP contribution in [-0.4, -0.2) is 37.7 Å². The highest BCUT2D eigenvalue weighted by Gasteiger charge is 2.25. The van der Waals surface area contributed by atoms with Crippen molar-refractivity contribution in [1.82, 2.24) is 10.2 Å². The number of nitrogens with zero attached hydrogens (tertiary/aromatic N) is 1. The molecule has 1 saturated heterocycles. The largest absolute Gasteiger partial charge is 0.448 e. The number of benzene rings is 1. The van der Waals surface area contributed by atoms with Gasteiger partial charge < -0.3 is 15.0 Å². The van der Waals surface area contributed by atoms with E-state index >= 15 is 0 Å². The van der Waals surface area contributed by atoms with Crippen molar-refractivity contribution in [3.63, 3.8) is 0 Å². The number of likely N-dealkylation sites (N-methyl/N-ethyl adjacent to an activating group) is 1. The first-order valence-electron chi connectivity index (χ1n) is 6.28. The molecule has 1 aliphatic rings. The molecular weight excluding hydrogens is 228 g/mol. The fourth-order valence-electron chi connectivity index (χ4n) is 2.37. The minimum atomic E-state index is -0.208. The first-order chi connectivity index (χ1) is 8.61. The van der Waals surface area contributed by atoms with Crippen LogP contribution in [0.5, 0.6) is 0 Å². The van der Waals surface area contributed by atoms with Crippen molar-refractivity contribution in [1.29, 1.82) is 0 Å². The van der Waals surface area contributed by atoms with Crippen molar-refractivity contribution < 1.29 is 9.53 Å². The Balaban J connectivity index is 2.15. The zero-order valence-corrected chi connectivity index (χ0v) is 11.2. The van der Waals surface area contributed by atoms with E-state index in [1.54, 1.807) is 4.90 Å². The Morgan fingerprint density at radius 3 is 2.78 bits per heavy atom. The van der Waals surface area contributed by atoms with Crippen LogP contribution < -0.4 is 5.32 Å². The molecule has 0 spiro atoms. The van der Waals surface area contributed by atoms with Gasteiger partial charge in [0.1, 0.15) is 6.61 Å². The summed E-state index contributed by atoms with van der Waals surface area (Å²) in [5.41, 5.74) is 3.75. The normalized spacial score (nSPS) is 16.8.